The largest absolute Gasteiger partial charge is 0.450 e. The lowest BCUT2D eigenvalue weighted by Crippen LogP contribution is -2.50. The standard InChI is InChI=1S/C17H25N3O5S/c1-3-8-18-26(23,24)15-7-5-6-14(13-15)16(21)19-9-11-20(12-10-19)17(22)25-4-2/h5-7,13,18H,3-4,8-12H2,1-2H3. The number of rotatable bonds is 6. The molecule has 0 unspecified atom stereocenters. The van der Waals surface area contributed by atoms with Crippen LogP contribution in [0.2, 0.25) is 0 Å². The molecule has 1 N–H and O–H groups in total. The van der Waals surface area contributed by atoms with Crippen LogP contribution < -0.4 is 4.72 Å². The smallest absolute Gasteiger partial charge is 0.409 e. The Balaban J connectivity index is 2.05. The van der Waals surface area contributed by atoms with Crippen molar-refractivity contribution in [1.29, 1.82) is 0 Å². The molecule has 2 amide bonds. The van der Waals surface area contributed by atoms with Crippen LogP contribution in [0.1, 0.15) is 30.6 Å². The zero-order chi connectivity index (χ0) is 19.2. The van der Waals surface area contributed by atoms with Gasteiger partial charge in [-0.1, -0.05) is 13.0 Å². The minimum absolute atomic E-state index is 0.0713. The van der Waals surface area contributed by atoms with E-state index in [4.69, 9.17) is 4.74 Å². The first-order valence-electron chi connectivity index (χ1n) is 8.69. The number of carbonyl (C=O) groups is 2. The van der Waals surface area contributed by atoms with E-state index in [1.54, 1.807) is 28.9 Å². The van der Waals surface area contributed by atoms with E-state index in [1.807, 2.05) is 6.92 Å². The number of hydrogen-bond donors (Lipinski definition) is 1. The number of amides is 2. The van der Waals surface area contributed by atoms with E-state index < -0.39 is 10.0 Å². The predicted octanol–water partition coefficient (Wildman–Crippen LogP) is 1.29. The Kier molecular flexibility index (Phi) is 6.98. The van der Waals surface area contributed by atoms with Crippen LogP contribution in [0.25, 0.3) is 0 Å². The normalized spacial score (nSPS) is 15.0. The molecule has 1 heterocycles. The van der Waals surface area contributed by atoms with Crippen molar-refractivity contribution in [2.75, 3.05) is 39.3 Å². The maximum atomic E-state index is 12.7. The first kappa shape index (κ1) is 20.2. The van der Waals surface area contributed by atoms with Crippen molar-refractivity contribution < 1.29 is 22.7 Å². The maximum Gasteiger partial charge on any atom is 0.409 e. The molecule has 144 valence electrons. The zero-order valence-electron chi connectivity index (χ0n) is 15.1. The second-order valence-electron chi connectivity index (χ2n) is 5.90. The lowest BCUT2D eigenvalue weighted by Gasteiger charge is -2.34. The molecule has 1 aromatic rings. The predicted molar refractivity (Wildman–Crippen MR) is 96.4 cm³/mol. The molecule has 0 bridgehead atoms. The van der Waals surface area contributed by atoms with E-state index in [9.17, 15) is 18.0 Å². The van der Waals surface area contributed by atoms with Crippen molar-refractivity contribution in [3.05, 3.63) is 29.8 Å². The minimum Gasteiger partial charge on any atom is -0.450 e. The Morgan fingerprint density at radius 3 is 2.38 bits per heavy atom. The molecule has 1 fully saturated rings. The van der Waals surface area contributed by atoms with Gasteiger partial charge < -0.3 is 14.5 Å². The molecule has 2 rings (SSSR count). The summed E-state index contributed by atoms with van der Waals surface area (Å²) in [5, 5.41) is 0. The van der Waals surface area contributed by atoms with Crippen LogP contribution in [0.15, 0.2) is 29.2 Å². The molecule has 8 nitrogen and oxygen atoms in total. The van der Waals surface area contributed by atoms with Crippen molar-refractivity contribution in [3.63, 3.8) is 0 Å². The Morgan fingerprint density at radius 2 is 1.77 bits per heavy atom. The summed E-state index contributed by atoms with van der Waals surface area (Å²) in [6.45, 7) is 5.81. The number of hydrogen-bond acceptors (Lipinski definition) is 5. The molecule has 1 aromatic carbocycles. The summed E-state index contributed by atoms with van der Waals surface area (Å²) in [6, 6.07) is 6.01. The van der Waals surface area contributed by atoms with Crippen molar-refractivity contribution in [1.82, 2.24) is 14.5 Å². The third-order valence-corrected chi connectivity index (χ3v) is 5.48. The second kappa shape index (κ2) is 9.00. The molecule has 1 aliphatic heterocycles. The number of nitrogens with one attached hydrogen (secondary N) is 1. The fourth-order valence-electron chi connectivity index (χ4n) is 2.61. The van der Waals surface area contributed by atoms with Gasteiger partial charge in [0.2, 0.25) is 10.0 Å². The van der Waals surface area contributed by atoms with Gasteiger partial charge in [0.1, 0.15) is 0 Å². The number of carbonyl (C=O) groups excluding carboxylic acids is 2. The SMILES string of the molecule is CCCNS(=O)(=O)c1cccc(C(=O)N2CCN(C(=O)OCC)CC2)c1. The van der Waals surface area contributed by atoms with Gasteiger partial charge in [-0.25, -0.2) is 17.9 Å². The van der Waals surface area contributed by atoms with Crippen LogP contribution in [0.3, 0.4) is 0 Å². The van der Waals surface area contributed by atoms with Gasteiger partial charge in [-0.15, -0.1) is 0 Å². The van der Waals surface area contributed by atoms with Gasteiger partial charge in [0, 0.05) is 38.3 Å². The van der Waals surface area contributed by atoms with Gasteiger partial charge in [0.25, 0.3) is 5.91 Å². The first-order valence-corrected chi connectivity index (χ1v) is 10.2. The van der Waals surface area contributed by atoms with Crippen molar-refractivity contribution in [2.24, 2.45) is 0 Å². The second-order valence-corrected chi connectivity index (χ2v) is 7.67. The molecule has 0 spiro atoms. The molecule has 0 aromatic heterocycles. The summed E-state index contributed by atoms with van der Waals surface area (Å²) in [6.07, 6.45) is 0.303. The van der Waals surface area contributed by atoms with Gasteiger partial charge in [0.15, 0.2) is 0 Å². The topological polar surface area (TPSA) is 96.0 Å². The average Bonchev–Trinajstić information content (AvgIpc) is 2.66. The fourth-order valence-corrected chi connectivity index (χ4v) is 3.78. The summed E-state index contributed by atoms with van der Waals surface area (Å²) in [4.78, 5) is 27.6. The third-order valence-electron chi connectivity index (χ3n) is 4.03. The summed E-state index contributed by atoms with van der Waals surface area (Å²) in [7, 11) is -3.63. The van der Waals surface area contributed by atoms with Crippen LogP contribution >= 0.6 is 0 Å². The number of piperazine rings is 1. The molecule has 9 heteroatoms. The van der Waals surface area contributed by atoms with E-state index >= 15 is 0 Å². The molecule has 0 aliphatic carbocycles. The molecule has 26 heavy (non-hydrogen) atoms. The molecule has 0 atom stereocenters. The van der Waals surface area contributed by atoms with E-state index in [0.29, 0.717) is 51.3 Å². The number of benzene rings is 1. The Bertz CT molecular complexity index is 743. The molecular weight excluding hydrogens is 358 g/mol. The monoisotopic (exact) mass is 383 g/mol. The van der Waals surface area contributed by atoms with Crippen LogP contribution in [-0.4, -0.2) is 69.5 Å². The van der Waals surface area contributed by atoms with Crippen LogP contribution in [0.5, 0.6) is 0 Å². The highest BCUT2D eigenvalue weighted by Crippen LogP contribution is 2.15. The first-order chi connectivity index (χ1) is 12.4. The highest BCUT2D eigenvalue weighted by atomic mass is 32.2. The van der Waals surface area contributed by atoms with Gasteiger partial charge in [0.05, 0.1) is 11.5 Å². The molecule has 0 radical (unpaired) electrons. The summed E-state index contributed by atoms with van der Waals surface area (Å²) >= 11 is 0. The molecule has 1 aliphatic rings. The lowest BCUT2D eigenvalue weighted by molar-refractivity contribution is 0.0570. The fraction of sp³-hybridized carbons (Fsp3) is 0.529. The highest BCUT2D eigenvalue weighted by Gasteiger charge is 2.26. The average molecular weight is 383 g/mol. The van der Waals surface area contributed by atoms with Gasteiger partial charge in [-0.3, -0.25) is 4.79 Å². The Hall–Kier alpha value is -2.13. The van der Waals surface area contributed by atoms with Crippen LogP contribution in [0.4, 0.5) is 4.79 Å². The number of sulfonamides is 1. The van der Waals surface area contributed by atoms with Crippen molar-refractivity contribution in [2.45, 2.75) is 25.2 Å². The van der Waals surface area contributed by atoms with Crippen LogP contribution in [0, 0.1) is 0 Å². The van der Waals surface area contributed by atoms with Gasteiger partial charge in [-0.05, 0) is 31.5 Å². The summed E-state index contributed by atoms with van der Waals surface area (Å²) in [5.74, 6) is -0.249. The maximum absolute atomic E-state index is 12.7. The third kappa shape index (κ3) is 4.95. The van der Waals surface area contributed by atoms with E-state index in [2.05, 4.69) is 4.72 Å². The highest BCUT2D eigenvalue weighted by molar-refractivity contribution is 7.89. The van der Waals surface area contributed by atoms with Gasteiger partial charge >= 0.3 is 6.09 Å². The van der Waals surface area contributed by atoms with Crippen molar-refractivity contribution in [3.8, 4) is 0 Å². The molecule has 0 saturated carbocycles. The quantitative estimate of drug-likeness (QED) is 0.799. The summed E-state index contributed by atoms with van der Waals surface area (Å²) in [5.41, 5.74) is 0.314. The Morgan fingerprint density at radius 1 is 1.12 bits per heavy atom. The summed E-state index contributed by atoms with van der Waals surface area (Å²) < 4.78 is 31.9. The lowest BCUT2D eigenvalue weighted by atomic mass is 10.2. The van der Waals surface area contributed by atoms with E-state index in [-0.39, 0.29) is 16.9 Å². The minimum atomic E-state index is -3.63. The molecule has 1 saturated heterocycles. The van der Waals surface area contributed by atoms with E-state index in [0.717, 1.165) is 0 Å². The van der Waals surface area contributed by atoms with Gasteiger partial charge in [-0.2, -0.15) is 0 Å². The van der Waals surface area contributed by atoms with Crippen LogP contribution in [-0.2, 0) is 14.8 Å². The van der Waals surface area contributed by atoms with E-state index in [1.165, 1.54) is 12.1 Å². The number of ether oxygens (including phenoxy) is 1. The Labute approximate surface area is 154 Å². The molecular formula is C17H25N3O5S. The number of nitrogens with zero attached hydrogens (tertiary/aromatic N) is 2. The van der Waals surface area contributed by atoms with Crippen molar-refractivity contribution >= 4 is 22.0 Å². The zero-order valence-corrected chi connectivity index (χ0v) is 15.9.